The molecule has 1 aliphatic rings. The zero-order valence-electron chi connectivity index (χ0n) is 12.3. The van der Waals surface area contributed by atoms with Crippen molar-refractivity contribution < 1.29 is 4.79 Å². The standard InChI is InChI=1S/C16H19N3OS2/c20-14(10-12-6-4-5-7-12)17-15-18-19-16(22-15)21-11-13-8-2-1-3-9-13/h1-3,8-9,12H,4-7,10-11H2,(H,17,18,20). The van der Waals surface area contributed by atoms with Crippen LogP contribution in [0.15, 0.2) is 34.7 Å². The molecule has 22 heavy (non-hydrogen) atoms. The van der Waals surface area contributed by atoms with Gasteiger partial charge in [0, 0.05) is 12.2 Å². The first-order chi connectivity index (χ1) is 10.8. The summed E-state index contributed by atoms with van der Waals surface area (Å²) < 4.78 is 0.889. The number of nitrogens with zero attached hydrogens (tertiary/aromatic N) is 2. The van der Waals surface area contributed by atoms with Gasteiger partial charge in [-0.05, 0) is 24.3 Å². The molecular formula is C16H19N3OS2. The van der Waals surface area contributed by atoms with E-state index in [1.165, 1.54) is 42.6 Å². The van der Waals surface area contributed by atoms with Crippen LogP contribution in [0, 0.1) is 5.92 Å². The fraction of sp³-hybridized carbons (Fsp3) is 0.438. The second kappa shape index (κ2) is 7.74. The van der Waals surface area contributed by atoms with E-state index in [9.17, 15) is 4.79 Å². The van der Waals surface area contributed by atoms with Crippen LogP contribution >= 0.6 is 23.1 Å². The van der Waals surface area contributed by atoms with Gasteiger partial charge in [0.25, 0.3) is 0 Å². The van der Waals surface area contributed by atoms with Gasteiger partial charge in [-0.3, -0.25) is 4.79 Å². The van der Waals surface area contributed by atoms with Gasteiger partial charge >= 0.3 is 0 Å². The molecular weight excluding hydrogens is 314 g/mol. The van der Waals surface area contributed by atoms with E-state index >= 15 is 0 Å². The van der Waals surface area contributed by atoms with Gasteiger partial charge in [0.1, 0.15) is 0 Å². The molecule has 4 nitrogen and oxygen atoms in total. The van der Waals surface area contributed by atoms with Gasteiger partial charge in [-0.15, -0.1) is 10.2 Å². The molecule has 2 aromatic rings. The molecule has 6 heteroatoms. The molecule has 1 saturated carbocycles. The Labute approximate surface area is 138 Å². The van der Waals surface area contributed by atoms with Gasteiger partial charge in [0.05, 0.1) is 0 Å². The van der Waals surface area contributed by atoms with E-state index in [1.54, 1.807) is 11.8 Å². The molecule has 3 rings (SSSR count). The van der Waals surface area contributed by atoms with E-state index < -0.39 is 0 Å². The SMILES string of the molecule is O=C(CC1CCCC1)Nc1nnc(SCc2ccccc2)s1. The van der Waals surface area contributed by atoms with Gasteiger partial charge in [-0.2, -0.15) is 0 Å². The highest BCUT2D eigenvalue weighted by molar-refractivity contribution is 8.00. The van der Waals surface area contributed by atoms with Crippen molar-refractivity contribution in [2.24, 2.45) is 5.92 Å². The molecule has 0 bridgehead atoms. The first kappa shape index (κ1) is 15.5. The molecule has 0 radical (unpaired) electrons. The number of aromatic nitrogens is 2. The van der Waals surface area contributed by atoms with Crippen molar-refractivity contribution in [1.29, 1.82) is 0 Å². The lowest BCUT2D eigenvalue weighted by atomic mass is 10.0. The molecule has 1 N–H and O–H groups in total. The minimum absolute atomic E-state index is 0.0719. The molecule has 0 unspecified atom stereocenters. The van der Waals surface area contributed by atoms with Crippen LogP contribution in [0.3, 0.4) is 0 Å². The number of thioether (sulfide) groups is 1. The fourth-order valence-electron chi connectivity index (χ4n) is 2.68. The van der Waals surface area contributed by atoms with Crippen LogP contribution in [0.1, 0.15) is 37.7 Å². The van der Waals surface area contributed by atoms with Crippen molar-refractivity contribution in [3.8, 4) is 0 Å². The smallest absolute Gasteiger partial charge is 0.226 e. The third-order valence-corrected chi connectivity index (χ3v) is 5.85. The number of carbonyl (C=O) groups is 1. The van der Waals surface area contributed by atoms with Crippen LogP contribution in [-0.4, -0.2) is 16.1 Å². The maximum absolute atomic E-state index is 12.0. The molecule has 1 aliphatic carbocycles. The van der Waals surface area contributed by atoms with Crippen LogP contribution in [0.2, 0.25) is 0 Å². The summed E-state index contributed by atoms with van der Waals surface area (Å²) in [7, 11) is 0. The molecule has 0 saturated heterocycles. The Balaban J connectivity index is 1.47. The Bertz CT molecular complexity index is 609. The second-order valence-corrected chi connectivity index (χ2v) is 7.75. The predicted molar refractivity (Wildman–Crippen MR) is 91.1 cm³/mol. The summed E-state index contributed by atoms with van der Waals surface area (Å²) in [6, 6.07) is 10.3. The number of benzene rings is 1. The minimum Gasteiger partial charge on any atom is -0.300 e. The first-order valence-electron chi connectivity index (χ1n) is 7.59. The normalized spacial score (nSPS) is 15.1. The van der Waals surface area contributed by atoms with Crippen molar-refractivity contribution in [2.75, 3.05) is 5.32 Å². The van der Waals surface area contributed by atoms with E-state index in [0.717, 1.165) is 10.1 Å². The first-order valence-corrected chi connectivity index (χ1v) is 9.40. The Morgan fingerprint density at radius 1 is 1.23 bits per heavy atom. The molecule has 0 spiro atoms. The van der Waals surface area contributed by atoms with Crippen LogP contribution in [-0.2, 0) is 10.5 Å². The highest BCUT2D eigenvalue weighted by atomic mass is 32.2. The lowest BCUT2D eigenvalue weighted by molar-refractivity contribution is -0.117. The van der Waals surface area contributed by atoms with Crippen molar-refractivity contribution in [1.82, 2.24) is 10.2 Å². The van der Waals surface area contributed by atoms with Crippen molar-refractivity contribution in [3.63, 3.8) is 0 Å². The van der Waals surface area contributed by atoms with Gasteiger partial charge in [-0.1, -0.05) is 66.3 Å². The largest absolute Gasteiger partial charge is 0.300 e. The number of amides is 1. The summed E-state index contributed by atoms with van der Waals surface area (Å²) in [6.45, 7) is 0. The van der Waals surface area contributed by atoms with Crippen molar-refractivity contribution >= 4 is 34.1 Å². The maximum Gasteiger partial charge on any atom is 0.226 e. The third-order valence-electron chi connectivity index (χ3n) is 3.81. The van der Waals surface area contributed by atoms with Crippen LogP contribution < -0.4 is 5.32 Å². The Hall–Kier alpha value is -1.40. The van der Waals surface area contributed by atoms with E-state index in [2.05, 4.69) is 27.6 Å². The zero-order valence-corrected chi connectivity index (χ0v) is 14.0. The number of carbonyl (C=O) groups excluding carboxylic acids is 1. The van der Waals surface area contributed by atoms with Crippen molar-refractivity contribution in [2.45, 2.75) is 42.2 Å². The Kier molecular flexibility index (Phi) is 5.45. The molecule has 1 amide bonds. The molecule has 1 aromatic heterocycles. The number of nitrogens with one attached hydrogen (secondary N) is 1. The fourth-order valence-corrected chi connectivity index (χ4v) is 4.41. The molecule has 1 aromatic carbocycles. The maximum atomic E-state index is 12.0. The van der Waals surface area contributed by atoms with Crippen LogP contribution in [0.4, 0.5) is 5.13 Å². The molecule has 0 atom stereocenters. The second-order valence-electron chi connectivity index (χ2n) is 5.55. The lowest BCUT2D eigenvalue weighted by Crippen LogP contribution is -2.14. The summed E-state index contributed by atoms with van der Waals surface area (Å²) in [5, 5.41) is 11.7. The Morgan fingerprint density at radius 3 is 2.77 bits per heavy atom. The highest BCUT2D eigenvalue weighted by Gasteiger charge is 2.19. The average molecular weight is 333 g/mol. The Morgan fingerprint density at radius 2 is 2.00 bits per heavy atom. The molecule has 1 heterocycles. The van der Waals surface area contributed by atoms with E-state index in [0.29, 0.717) is 17.5 Å². The predicted octanol–water partition coefficient (Wildman–Crippen LogP) is 4.35. The van der Waals surface area contributed by atoms with Gasteiger partial charge in [0.15, 0.2) is 4.34 Å². The quantitative estimate of drug-likeness (QED) is 0.631. The lowest BCUT2D eigenvalue weighted by Gasteiger charge is -2.06. The summed E-state index contributed by atoms with van der Waals surface area (Å²) in [4.78, 5) is 12.0. The molecule has 0 aliphatic heterocycles. The van der Waals surface area contributed by atoms with E-state index in [4.69, 9.17) is 0 Å². The van der Waals surface area contributed by atoms with Crippen molar-refractivity contribution in [3.05, 3.63) is 35.9 Å². The van der Waals surface area contributed by atoms with Gasteiger partial charge in [-0.25, -0.2) is 0 Å². The van der Waals surface area contributed by atoms with Crippen LogP contribution in [0.5, 0.6) is 0 Å². The zero-order chi connectivity index (χ0) is 15.2. The summed E-state index contributed by atoms with van der Waals surface area (Å²) >= 11 is 3.10. The van der Waals surface area contributed by atoms with Gasteiger partial charge in [0.2, 0.25) is 11.0 Å². The summed E-state index contributed by atoms with van der Waals surface area (Å²) in [5.74, 6) is 1.49. The topological polar surface area (TPSA) is 54.9 Å². The summed E-state index contributed by atoms with van der Waals surface area (Å²) in [6.07, 6.45) is 5.50. The minimum atomic E-state index is 0.0719. The van der Waals surface area contributed by atoms with Crippen LogP contribution in [0.25, 0.3) is 0 Å². The molecule has 1 fully saturated rings. The monoisotopic (exact) mass is 333 g/mol. The highest BCUT2D eigenvalue weighted by Crippen LogP contribution is 2.30. The number of anilines is 1. The van der Waals surface area contributed by atoms with E-state index in [-0.39, 0.29) is 5.91 Å². The van der Waals surface area contributed by atoms with Gasteiger partial charge < -0.3 is 5.32 Å². The number of rotatable bonds is 6. The summed E-state index contributed by atoms with van der Waals surface area (Å²) in [5.41, 5.74) is 1.26. The number of hydrogen-bond acceptors (Lipinski definition) is 5. The average Bonchev–Trinajstić information content (AvgIpc) is 3.18. The number of hydrogen-bond donors (Lipinski definition) is 1. The third kappa shape index (κ3) is 4.55. The molecule has 116 valence electrons. The van der Waals surface area contributed by atoms with E-state index in [1.807, 2.05) is 18.2 Å².